The van der Waals surface area contributed by atoms with Gasteiger partial charge in [0.15, 0.2) is 0 Å². The van der Waals surface area contributed by atoms with Crippen LogP contribution in [0.25, 0.3) is 0 Å². The van der Waals surface area contributed by atoms with Gasteiger partial charge in [0, 0.05) is 0 Å². The van der Waals surface area contributed by atoms with E-state index >= 15 is 0 Å². The zero-order valence-electron chi connectivity index (χ0n) is 6.05. The third kappa shape index (κ3) is 2.35. The van der Waals surface area contributed by atoms with Gasteiger partial charge < -0.3 is 9.84 Å². The molecule has 0 aliphatic carbocycles. The van der Waals surface area contributed by atoms with Crippen molar-refractivity contribution in [1.82, 2.24) is 0 Å². The molecule has 0 bridgehead atoms. The molecule has 0 aromatic carbocycles. The van der Waals surface area contributed by atoms with Gasteiger partial charge in [-0.25, -0.2) is 4.79 Å². The van der Waals surface area contributed by atoms with Crippen molar-refractivity contribution >= 4 is 5.97 Å². The van der Waals surface area contributed by atoms with Gasteiger partial charge in [0.05, 0.1) is 11.8 Å². The van der Waals surface area contributed by atoms with Crippen LogP contribution in [0.1, 0.15) is 13.8 Å². The van der Waals surface area contributed by atoms with E-state index in [0.717, 1.165) is 0 Å². The Bertz CT molecular complexity index is 179. The van der Waals surface area contributed by atoms with Crippen LogP contribution >= 0.6 is 0 Å². The highest BCUT2D eigenvalue weighted by atomic mass is 16.5. The molecule has 1 N–H and O–H groups in total. The quantitative estimate of drug-likeness (QED) is 0.480. The first-order valence-electron chi connectivity index (χ1n) is 2.78. The summed E-state index contributed by atoms with van der Waals surface area (Å²) in [6.07, 6.45) is 1.20. The van der Waals surface area contributed by atoms with E-state index < -0.39 is 5.97 Å². The van der Waals surface area contributed by atoms with Crippen LogP contribution in [0.2, 0.25) is 0 Å². The first kappa shape index (κ1) is 8.75. The van der Waals surface area contributed by atoms with Crippen molar-refractivity contribution in [1.29, 1.82) is 0 Å². The Labute approximate surface area is 59.6 Å². The smallest absolute Gasteiger partial charge is 0.334 e. The fraction of sp³-hybridized carbons (Fsp3) is 0.286. The van der Waals surface area contributed by atoms with Crippen molar-refractivity contribution < 1.29 is 14.6 Å². The summed E-state index contributed by atoms with van der Waals surface area (Å²) < 4.78 is 4.73. The van der Waals surface area contributed by atoms with Gasteiger partial charge in [0.25, 0.3) is 0 Å². The number of allylic oxidation sites excluding steroid dienone is 1. The standard InChI is InChI=1S/C7H10O3/c1-4-10-6(3)5(2)7(8)9/h4H,1H2,2-3H3,(H,8,9). The SMILES string of the molecule is C=COC(C)=C(C)C(=O)O. The number of carboxylic acid groups (broad SMARTS) is 1. The Morgan fingerprint density at radius 3 is 2.40 bits per heavy atom. The summed E-state index contributed by atoms with van der Waals surface area (Å²) in [6, 6.07) is 0. The lowest BCUT2D eigenvalue weighted by atomic mass is 10.3. The molecule has 0 radical (unpaired) electrons. The predicted molar refractivity (Wildman–Crippen MR) is 37.3 cm³/mol. The van der Waals surface area contributed by atoms with E-state index in [1.165, 1.54) is 13.2 Å². The Morgan fingerprint density at radius 2 is 2.10 bits per heavy atom. The third-order valence-corrected chi connectivity index (χ3v) is 1.11. The van der Waals surface area contributed by atoms with Crippen molar-refractivity contribution in [2.75, 3.05) is 0 Å². The zero-order valence-corrected chi connectivity index (χ0v) is 6.05. The monoisotopic (exact) mass is 142 g/mol. The highest BCUT2D eigenvalue weighted by Gasteiger charge is 2.04. The topological polar surface area (TPSA) is 46.5 Å². The molecule has 0 spiro atoms. The summed E-state index contributed by atoms with van der Waals surface area (Å²) in [4.78, 5) is 10.2. The zero-order chi connectivity index (χ0) is 8.15. The van der Waals surface area contributed by atoms with E-state index in [2.05, 4.69) is 6.58 Å². The van der Waals surface area contributed by atoms with Gasteiger partial charge >= 0.3 is 5.97 Å². The molecule has 3 nitrogen and oxygen atoms in total. The first-order valence-corrected chi connectivity index (χ1v) is 2.78. The molecule has 0 rings (SSSR count). The molecule has 0 unspecified atom stereocenters. The number of aliphatic carboxylic acids is 1. The molecule has 56 valence electrons. The minimum atomic E-state index is -0.973. The lowest BCUT2D eigenvalue weighted by molar-refractivity contribution is -0.132. The normalized spacial score (nSPS) is 11.8. The van der Waals surface area contributed by atoms with Gasteiger partial charge in [-0.15, -0.1) is 0 Å². The van der Waals surface area contributed by atoms with Gasteiger partial charge in [-0.2, -0.15) is 0 Å². The van der Waals surface area contributed by atoms with E-state index in [4.69, 9.17) is 9.84 Å². The van der Waals surface area contributed by atoms with Gasteiger partial charge in [-0.3, -0.25) is 0 Å². The van der Waals surface area contributed by atoms with Crippen molar-refractivity contribution in [3.8, 4) is 0 Å². The molecule has 3 heteroatoms. The molecule has 0 aliphatic rings. The fourth-order valence-corrected chi connectivity index (χ4v) is 0.364. The largest absolute Gasteiger partial charge is 0.478 e. The number of hydrogen-bond donors (Lipinski definition) is 1. The fourth-order valence-electron chi connectivity index (χ4n) is 0.364. The van der Waals surface area contributed by atoms with E-state index in [9.17, 15) is 4.79 Å². The van der Waals surface area contributed by atoms with Crippen LogP contribution in [0.3, 0.4) is 0 Å². The van der Waals surface area contributed by atoms with E-state index in [-0.39, 0.29) is 5.57 Å². The summed E-state index contributed by atoms with van der Waals surface area (Å²) >= 11 is 0. The number of carbonyl (C=O) groups is 1. The maximum atomic E-state index is 10.2. The minimum absolute atomic E-state index is 0.194. The van der Waals surface area contributed by atoms with E-state index in [1.54, 1.807) is 6.92 Å². The average Bonchev–Trinajstić information content (AvgIpc) is 1.87. The molecule has 0 aliphatic heterocycles. The summed E-state index contributed by atoms with van der Waals surface area (Å²) in [6.45, 7) is 6.34. The Morgan fingerprint density at radius 1 is 1.60 bits per heavy atom. The molecule has 0 atom stereocenters. The average molecular weight is 142 g/mol. The highest BCUT2D eigenvalue weighted by Crippen LogP contribution is 2.04. The molecule has 0 saturated carbocycles. The number of hydrogen-bond acceptors (Lipinski definition) is 2. The van der Waals surface area contributed by atoms with E-state index in [0.29, 0.717) is 5.76 Å². The van der Waals surface area contributed by atoms with Gasteiger partial charge in [0.2, 0.25) is 0 Å². The van der Waals surface area contributed by atoms with Crippen LogP contribution in [-0.4, -0.2) is 11.1 Å². The molecule has 0 fully saturated rings. The summed E-state index contributed by atoms with van der Waals surface area (Å²) in [7, 11) is 0. The van der Waals surface area contributed by atoms with E-state index in [1.807, 2.05) is 0 Å². The second kappa shape index (κ2) is 3.71. The molecule has 0 amide bonds. The van der Waals surface area contributed by atoms with Crippen LogP contribution in [-0.2, 0) is 9.53 Å². The lowest BCUT2D eigenvalue weighted by Gasteiger charge is -2.00. The maximum Gasteiger partial charge on any atom is 0.334 e. The third-order valence-electron chi connectivity index (χ3n) is 1.11. The van der Waals surface area contributed by atoms with Crippen molar-refractivity contribution in [2.45, 2.75) is 13.8 Å². The molecule has 0 heterocycles. The Balaban J connectivity index is 4.33. The van der Waals surface area contributed by atoms with Crippen LogP contribution < -0.4 is 0 Å². The van der Waals surface area contributed by atoms with Crippen molar-refractivity contribution in [3.63, 3.8) is 0 Å². The van der Waals surface area contributed by atoms with Crippen LogP contribution in [0.4, 0.5) is 0 Å². The molecule has 10 heavy (non-hydrogen) atoms. The molecule has 0 aromatic rings. The number of ether oxygens (including phenoxy) is 1. The molecular weight excluding hydrogens is 132 g/mol. The second-order valence-corrected chi connectivity index (χ2v) is 1.77. The van der Waals surface area contributed by atoms with Gasteiger partial charge in [-0.05, 0) is 13.8 Å². The molecule has 0 saturated heterocycles. The Kier molecular flexibility index (Phi) is 3.25. The predicted octanol–water partition coefficient (Wildman–Crippen LogP) is 1.52. The van der Waals surface area contributed by atoms with Crippen LogP contribution in [0, 0.1) is 0 Å². The van der Waals surface area contributed by atoms with Crippen molar-refractivity contribution in [3.05, 3.63) is 24.2 Å². The number of rotatable bonds is 3. The Hall–Kier alpha value is -1.25. The molecule has 0 aromatic heterocycles. The first-order chi connectivity index (χ1) is 4.59. The van der Waals surface area contributed by atoms with Crippen LogP contribution in [0.15, 0.2) is 24.2 Å². The lowest BCUT2D eigenvalue weighted by Crippen LogP contribution is -1.99. The van der Waals surface area contributed by atoms with Crippen LogP contribution in [0.5, 0.6) is 0 Å². The summed E-state index contributed by atoms with van der Waals surface area (Å²) in [5, 5.41) is 8.41. The second-order valence-electron chi connectivity index (χ2n) is 1.77. The number of carboxylic acids is 1. The molecular formula is C7H10O3. The maximum absolute atomic E-state index is 10.2. The van der Waals surface area contributed by atoms with Gasteiger partial charge in [0.1, 0.15) is 5.76 Å². The van der Waals surface area contributed by atoms with Gasteiger partial charge in [-0.1, -0.05) is 6.58 Å². The van der Waals surface area contributed by atoms with Crippen molar-refractivity contribution in [2.24, 2.45) is 0 Å². The summed E-state index contributed by atoms with van der Waals surface area (Å²) in [5.74, 6) is -0.609. The summed E-state index contributed by atoms with van der Waals surface area (Å²) in [5.41, 5.74) is 0.194. The minimum Gasteiger partial charge on any atom is -0.478 e. The highest BCUT2D eigenvalue weighted by molar-refractivity contribution is 5.86.